The summed E-state index contributed by atoms with van der Waals surface area (Å²) in [6.45, 7) is 6.96. The molecule has 1 aromatic carbocycles. The van der Waals surface area contributed by atoms with E-state index in [1.54, 1.807) is 0 Å². The minimum absolute atomic E-state index is 0.0334. The van der Waals surface area contributed by atoms with E-state index in [1.807, 2.05) is 23.1 Å². The molecule has 0 aliphatic carbocycles. The highest BCUT2D eigenvalue weighted by Crippen LogP contribution is 2.28. The van der Waals surface area contributed by atoms with E-state index < -0.39 is 0 Å². The normalized spacial score (nSPS) is 21.7. The number of carbonyl (C=O) groups excluding carboxylic acids is 1. The Labute approximate surface area is 109 Å². The fraction of sp³-hybridized carbons (Fsp3) is 0.533. The molecule has 1 aromatic rings. The van der Waals surface area contributed by atoms with Crippen LogP contribution in [0.1, 0.15) is 38.9 Å². The van der Waals surface area contributed by atoms with Crippen LogP contribution in [0.2, 0.25) is 0 Å². The van der Waals surface area contributed by atoms with Crippen LogP contribution in [0.15, 0.2) is 30.3 Å². The summed E-state index contributed by atoms with van der Waals surface area (Å²) in [4.78, 5) is 14.2. The molecular weight excluding hydrogens is 224 g/mol. The molecule has 1 amide bonds. The van der Waals surface area contributed by atoms with Crippen LogP contribution < -0.4 is 5.32 Å². The molecule has 1 aliphatic heterocycles. The summed E-state index contributed by atoms with van der Waals surface area (Å²) in [5, 5.41) is 3.32. The molecule has 1 fully saturated rings. The van der Waals surface area contributed by atoms with E-state index in [9.17, 15) is 4.79 Å². The highest BCUT2D eigenvalue weighted by atomic mass is 16.2. The largest absolute Gasteiger partial charge is 0.319 e. The molecule has 2 unspecified atom stereocenters. The lowest BCUT2D eigenvalue weighted by Gasteiger charge is -2.35. The average Bonchev–Trinajstić information content (AvgIpc) is 2.74. The quantitative estimate of drug-likeness (QED) is 0.885. The van der Waals surface area contributed by atoms with Crippen LogP contribution in [0, 0.1) is 5.92 Å². The Morgan fingerprint density at radius 1 is 1.33 bits per heavy atom. The van der Waals surface area contributed by atoms with Gasteiger partial charge in [0.25, 0.3) is 0 Å². The molecule has 0 spiro atoms. The van der Waals surface area contributed by atoms with Crippen molar-refractivity contribution < 1.29 is 4.79 Å². The smallest absolute Gasteiger partial charge is 0.238 e. The second kappa shape index (κ2) is 5.53. The summed E-state index contributed by atoms with van der Waals surface area (Å²) in [5.74, 6) is 0.689. The van der Waals surface area contributed by atoms with Crippen molar-refractivity contribution in [2.75, 3.05) is 6.54 Å². The first-order chi connectivity index (χ1) is 8.65. The van der Waals surface area contributed by atoms with Gasteiger partial charge >= 0.3 is 0 Å². The zero-order valence-corrected chi connectivity index (χ0v) is 11.4. The molecule has 1 aliphatic rings. The average molecular weight is 246 g/mol. The monoisotopic (exact) mass is 246 g/mol. The second-order valence-corrected chi connectivity index (χ2v) is 5.21. The van der Waals surface area contributed by atoms with Crippen LogP contribution in [-0.4, -0.2) is 23.4 Å². The van der Waals surface area contributed by atoms with Gasteiger partial charge in [0.1, 0.15) is 6.17 Å². The maximum absolute atomic E-state index is 12.1. The van der Waals surface area contributed by atoms with Crippen molar-refractivity contribution >= 4 is 5.91 Å². The molecule has 1 N–H and O–H groups in total. The van der Waals surface area contributed by atoms with Gasteiger partial charge in [-0.05, 0) is 17.9 Å². The van der Waals surface area contributed by atoms with E-state index >= 15 is 0 Å². The van der Waals surface area contributed by atoms with E-state index in [1.165, 1.54) is 5.56 Å². The van der Waals surface area contributed by atoms with Crippen LogP contribution in [0.5, 0.6) is 0 Å². The van der Waals surface area contributed by atoms with Crippen LogP contribution in [-0.2, 0) is 4.79 Å². The number of carbonyl (C=O) groups is 1. The van der Waals surface area contributed by atoms with Crippen molar-refractivity contribution in [2.45, 2.75) is 39.4 Å². The van der Waals surface area contributed by atoms with Gasteiger partial charge in [-0.15, -0.1) is 0 Å². The predicted molar refractivity (Wildman–Crippen MR) is 72.9 cm³/mol. The van der Waals surface area contributed by atoms with Crippen LogP contribution >= 0.6 is 0 Å². The van der Waals surface area contributed by atoms with Crippen molar-refractivity contribution in [1.82, 2.24) is 10.2 Å². The van der Waals surface area contributed by atoms with Crippen molar-refractivity contribution in [3.63, 3.8) is 0 Å². The lowest BCUT2D eigenvalue weighted by Crippen LogP contribution is -2.42. The Morgan fingerprint density at radius 3 is 2.56 bits per heavy atom. The fourth-order valence-corrected chi connectivity index (χ4v) is 2.80. The minimum atomic E-state index is 0.0334. The first-order valence-electron chi connectivity index (χ1n) is 6.74. The molecule has 3 heteroatoms. The maximum atomic E-state index is 12.1. The van der Waals surface area contributed by atoms with Gasteiger partial charge in [0, 0.05) is 6.04 Å². The Bertz CT molecular complexity index is 402. The SMILES string of the molecule is CCC(C(C)C)N1C(=O)CNC1c1ccccc1. The maximum Gasteiger partial charge on any atom is 0.238 e. The summed E-state index contributed by atoms with van der Waals surface area (Å²) in [6, 6.07) is 10.5. The fourth-order valence-electron chi connectivity index (χ4n) is 2.80. The van der Waals surface area contributed by atoms with Crippen LogP contribution in [0.3, 0.4) is 0 Å². The van der Waals surface area contributed by atoms with Gasteiger partial charge in [-0.2, -0.15) is 0 Å². The Balaban J connectivity index is 2.28. The second-order valence-electron chi connectivity index (χ2n) is 5.21. The van der Waals surface area contributed by atoms with Gasteiger partial charge in [0.2, 0.25) is 5.91 Å². The summed E-state index contributed by atoms with van der Waals surface area (Å²) in [6.07, 6.45) is 1.03. The number of nitrogens with one attached hydrogen (secondary N) is 1. The highest BCUT2D eigenvalue weighted by molar-refractivity contribution is 5.81. The number of hydrogen-bond acceptors (Lipinski definition) is 2. The Kier molecular flexibility index (Phi) is 4.02. The molecule has 98 valence electrons. The minimum Gasteiger partial charge on any atom is -0.319 e. The molecular formula is C15H22N2O. The summed E-state index contributed by atoms with van der Waals surface area (Å²) < 4.78 is 0. The summed E-state index contributed by atoms with van der Waals surface area (Å²) in [5.41, 5.74) is 1.17. The van der Waals surface area contributed by atoms with E-state index in [0.29, 0.717) is 18.5 Å². The summed E-state index contributed by atoms with van der Waals surface area (Å²) >= 11 is 0. The van der Waals surface area contributed by atoms with Gasteiger partial charge in [0.15, 0.2) is 0 Å². The molecule has 3 nitrogen and oxygen atoms in total. The molecule has 1 heterocycles. The zero-order valence-electron chi connectivity index (χ0n) is 11.4. The van der Waals surface area contributed by atoms with Crippen molar-refractivity contribution in [1.29, 1.82) is 0 Å². The van der Waals surface area contributed by atoms with Gasteiger partial charge in [-0.1, -0.05) is 51.1 Å². The molecule has 2 atom stereocenters. The predicted octanol–water partition coefficient (Wildman–Crippen LogP) is 2.55. The molecule has 0 bridgehead atoms. The third-order valence-corrected chi connectivity index (χ3v) is 3.67. The number of amides is 1. The van der Waals surface area contributed by atoms with E-state index in [0.717, 1.165) is 6.42 Å². The van der Waals surface area contributed by atoms with E-state index in [4.69, 9.17) is 0 Å². The van der Waals surface area contributed by atoms with Gasteiger partial charge < -0.3 is 4.90 Å². The lowest BCUT2D eigenvalue weighted by atomic mass is 9.98. The topological polar surface area (TPSA) is 32.3 Å². The van der Waals surface area contributed by atoms with E-state index in [-0.39, 0.29) is 12.1 Å². The Hall–Kier alpha value is -1.35. The lowest BCUT2D eigenvalue weighted by molar-refractivity contribution is -0.131. The molecule has 1 saturated heterocycles. The number of nitrogens with zero attached hydrogens (tertiary/aromatic N) is 1. The molecule has 18 heavy (non-hydrogen) atoms. The van der Waals surface area contributed by atoms with Gasteiger partial charge in [0.05, 0.1) is 6.54 Å². The first kappa shape index (κ1) is 13.1. The molecule has 0 aromatic heterocycles. The number of benzene rings is 1. The van der Waals surface area contributed by atoms with Crippen LogP contribution in [0.4, 0.5) is 0 Å². The van der Waals surface area contributed by atoms with Crippen molar-refractivity contribution in [2.24, 2.45) is 5.92 Å². The third kappa shape index (κ3) is 2.41. The number of rotatable bonds is 4. The third-order valence-electron chi connectivity index (χ3n) is 3.67. The van der Waals surface area contributed by atoms with Gasteiger partial charge in [-0.25, -0.2) is 0 Å². The zero-order chi connectivity index (χ0) is 13.1. The van der Waals surface area contributed by atoms with Crippen molar-refractivity contribution in [3.8, 4) is 0 Å². The summed E-state index contributed by atoms with van der Waals surface area (Å²) in [7, 11) is 0. The standard InChI is InChI=1S/C15H22N2O/c1-4-13(11(2)3)17-14(18)10-16-15(17)12-8-6-5-7-9-12/h5-9,11,13,15-16H,4,10H2,1-3H3. The Morgan fingerprint density at radius 2 is 2.00 bits per heavy atom. The number of hydrogen-bond donors (Lipinski definition) is 1. The van der Waals surface area contributed by atoms with Crippen molar-refractivity contribution in [3.05, 3.63) is 35.9 Å². The molecule has 0 radical (unpaired) electrons. The van der Waals surface area contributed by atoms with E-state index in [2.05, 4.69) is 38.2 Å². The first-order valence-corrected chi connectivity index (χ1v) is 6.74. The van der Waals surface area contributed by atoms with Gasteiger partial charge in [-0.3, -0.25) is 10.1 Å². The molecule has 2 rings (SSSR count). The van der Waals surface area contributed by atoms with Crippen LogP contribution in [0.25, 0.3) is 0 Å². The molecule has 0 saturated carbocycles. The highest BCUT2D eigenvalue weighted by Gasteiger charge is 2.36.